The number of amides is 2. The molecule has 0 heterocycles. The highest BCUT2D eigenvalue weighted by Crippen LogP contribution is 2.65. The smallest absolute Gasteiger partial charge is 0.255 e. The van der Waals surface area contributed by atoms with Crippen molar-refractivity contribution in [2.45, 2.75) is 17.2 Å². The molecule has 0 saturated heterocycles. The molecule has 2 atom stereocenters. The van der Waals surface area contributed by atoms with E-state index in [0.29, 0.717) is 28.2 Å². The lowest BCUT2D eigenvalue weighted by Gasteiger charge is -2.11. The number of hydrogen-bond acceptors (Lipinski definition) is 3. The largest absolute Gasteiger partial charge is 0.399 e. The second kappa shape index (κ2) is 9.48. The Morgan fingerprint density at radius 2 is 1.62 bits per heavy atom. The van der Waals surface area contributed by atoms with Crippen LogP contribution in [0.25, 0.3) is 0 Å². The second-order valence-electron chi connectivity index (χ2n) is 8.03. The normalized spacial score (nSPS) is 18.3. The molecule has 34 heavy (non-hydrogen) atoms. The van der Waals surface area contributed by atoms with E-state index in [0.717, 1.165) is 5.56 Å². The van der Waals surface area contributed by atoms with Crippen LogP contribution in [0.3, 0.4) is 0 Å². The van der Waals surface area contributed by atoms with E-state index in [1.807, 2.05) is 6.92 Å². The first-order chi connectivity index (χ1) is 16.0. The van der Waals surface area contributed by atoms with Gasteiger partial charge >= 0.3 is 0 Å². The molecule has 4 N–H and O–H groups in total. The Balaban J connectivity index is 1.48. The van der Waals surface area contributed by atoms with Gasteiger partial charge in [0.2, 0.25) is 5.91 Å². The number of benzene rings is 3. The van der Waals surface area contributed by atoms with Gasteiger partial charge in [0.1, 0.15) is 4.33 Å². The van der Waals surface area contributed by atoms with Gasteiger partial charge in [-0.15, -0.1) is 23.2 Å². The Morgan fingerprint density at radius 3 is 2.26 bits per heavy atom. The minimum atomic E-state index is -1.34. The number of hydrogen-bond donors (Lipinski definition) is 3. The van der Waals surface area contributed by atoms with Crippen LogP contribution in [0.1, 0.15) is 27.4 Å². The van der Waals surface area contributed by atoms with E-state index < -0.39 is 22.1 Å². The molecular weight excluding hydrogens is 540 g/mol. The fourth-order valence-electron chi connectivity index (χ4n) is 3.80. The molecule has 2 unspecified atom stereocenters. The van der Waals surface area contributed by atoms with E-state index in [1.54, 1.807) is 54.6 Å². The molecule has 1 aliphatic rings. The lowest BCUT2D eigenvalue weighted by Crippen LogP contribution is -2.18. The molecule has 4 rings (SSSR count). The third-order valence-electron chi connectivity index (χ3n) is 5.59. The Kier molecular flexibility index (Phi) is 6.96. The number of carbonyl (C=O) groups is 2. The summed E-state index contributed by atoms with van der Waals surface area (Å²) >= 11 is 31.1. The molecular formula is C24H18Cl5N3O2. The fourth-order valence-corrected chi connectivity index (χ4v) is 5.24. The quantitative estimate of drug-likeness (QED) is 0.175. The molecule has 1 saturated carbocycles. The lowest BCUT2D eigenvalue weighted by molar-refractivity contribution is -0.117. The Hall–Kier alpha value is -2.15. The van der Waals surface area contributed by atoms with Crippen molar-refractivity contribution in [3.8, 4) is 0 Å². The van der Waals surface area contributed by atoms with Crippen LogP contribution in [0.5, 0.6) is 0 Å². The number of anilines is 3. The van der Waals surface area contributed by atoms with Crippen molar-refractivity contribution in [3.05, 3.63) is 86.4 Å². The molecule has 0 spiro atoms. The molecule has 176 valence electrons. The van der Waals surface area contributed by atoms with Crippen LogP contribution < -0.4 is 16.4 Å². The van der Waals surface area contributed by atoms with E-state index in [1.165, 1.54) is 0 Å². The summed E-state index contributed by atoms with van der Waals surface area (Å²) in [5, 5.41) is 6.33. The first-order valence-electron chi connectivity index (χ1n) is 10.1. The van der Waals surface area contributed by atoms with Gasteiger partial charge in [-0.25, -0.2) is 0 Å². The van der Waals surface area contributed by atoms with Crippen molar-refractivity contribution in [1.29, 1.82) is 0 Å². The highest BCUT2D eigenvalue weighted by molar-refractivity contribution is 6.54. The van der Waals surface area contributed by atoms with Crippen molar-refractivity contribution in [2.24, 2.45) is 5.92 Å². The highest BCUT2D eigenvalue weighted by atomic mass is 35.5. The number of carbonyl (C=O) groups excluding carboxylic acids is 2. The van der Waals surface area contributed by atoms with Crippen molar-refractivity contribution in [1.82, 2.24) is 0 Å². The van der Waals surface area contributed by atoms with E-state index in [9.17, 15) is 9.59 Å². The minimum absolute atomic E-state index is 0.215. The standard InChI is InChI=1S/C24H18Cl5N3O2/c1-11-7-14(30)5-6-18(11)32-22(33)12-3-2-4-15(8-12)31-23(34)20-19(24(20,28)29)13-9-16(25)21(27)17(26)10-13/h2-10,19-20H,30H2,1H3,(H,31,34)(H,32,33). The molecule has 0 bridgehead atoms. The molecule has 3 aromatic rings. The van der Waals surface area contributed by atoms with E-state index in [-0.39, 0.29) is 21.0 Å². The fraction of sp³-hybridized carbons (Fsp3) is 0.167. The van der Waals surface area contributed by atoms with Crippen LogP contribution in [-0.4, -0.2) is 16.1 Å². The summed E-state index contributed by atoms with van der Waals surface area (Å²) in [5.74, 6) is -2.01. The van der Waals surface area contributed by atoms with Crippen molar-refractivity contribution >= 4 is 86.9 Å². The van der Waals surface area contributed by atoms with Gasteiger partial charge in [0, 0.05) is 28.5 Å². The lowest BCUT2D eigenvalue weighted by atomic mass is 10.1. The third-order valence-corrected chi connectivity index (χ3v) is 7.73. The monoisotopic (exact) mass is 555 g/mol. The average molecular weight is 558 g/mol. The average Bonchev–Trinajstić information content (AvgIpc) is 3.35. The van der Waals surface area contributed by atoms with Crippen LogP contribution >= 0.6 is 58.0 Å². The highest BCUT2D eigenvalue weighted by Gasteiger charge is 2.67. The van der Waals surface area contributed by atoms with Crippen molar-refractivity contribution < 1.29 is 9.59 Å². The number of nitrogens with one attached hydrogen (secondary N) is 2. The van der Waals surface area contributed by atoms with Crippen molar-refractivity contribution in [2.75, 3.05) is 16.4 Å². The Labute approximate surface area is 221 Å². The van der Waals surface area contributed by atoms with Crippen LogP contribution in [0.4, 0.5) is 17.1 Å². The third kappa shape index (κ3) is 4.95. The van der Waals surface area contributed by atoms with Gasteiger partial charge in [-0.1, -0.05) is 40.9 Å². The van der Waals surface area contributed by atoms with Gasteiger partial charge in [0.05, 0.1) is 21.0 Å². The summed E-state index contributed by atoms with van der Waals surface area (Å²) < 4.78 is -1.34. The van der Waals surface area contributed by atoms with Gasteiger partial charge in [-0.2, -0.15) is 0 Å². The predicted molar refractivity (Wildman–Crippen MR) is 141 cm³/mol. The summed E-state index contributed by atoms with van der Waals surface area (Å²) in [6, 6.07) is 14.9. The van der Waals surface area contributed by atoms with Gasteiger partial charge < -0.3 is 16.4 Å². The number of alkyl halides is 2. The summed E-state index contributed by atoms with van der Waals surface area (Å²) in [5.41, 5.74) is 9.24. The molecule has 10 heteroatoms. The molecule has 0 aliphatic heterocycles. The van der Waals surface area contributed by atoms with E-state index in [4.69, 9.17) is 63.7 Å². The molecule has 0 aromatic heterocycles. The van der Waals surface area contributed by atoms with Gasteiger partial charge in [-0.05, 0) is 66.6 Å². The minimum Gasteiger partial charge on any atom is -0.399 e. The predicted octanol–water partition coefficient (Wildman–Crippen LogP) is 7.32. The molecule has 0 radical (unpaired) electrons. The SMILES string of the molecule is Cc1cc(N)ccc1NC(=O)c1cccc(NC(=O)C2C(c3cc(Cl)c(Cl)c(Cl)c3)C2(Cl)Cl)c1. The van der Waals surface area contributed by atoms with E-state index in [2.05, 4.69) is 10.6 Å². The summed E-state index contributed by atoms with van der Waals surface area (Å²) in [7, 11) is 0. The Bertz CT molecular complexity index is 1290. The topological polar surface area (TPSA) is 84.2 Å². The molecule has 2 amide bonds. The summed E-state index contributed by atoms with van der Waals surface area (Å²) in [4.78, 5) is 25.7. The maximum absolute atomic E-state index is 13.0. The zero-order valence-electron chi connectivity index (χ0n) is 17.6. The first-order valence-corrected chi connectivity index (χ1v) is 12.0. The van der Waals surface area contributed by atoms with Crippen molar-refractivity contribution in [3.63, 3.8) is 0 Å². The van der Waals surface area contributed by atoms with Gasteiger partial charge in [-0.3, -0.25) is 9.59 Å². The van der Waals surface area contributed by atoms with Crippen LogP contribution in [0.2, 0.25) is 15.1 Å². The molecule has 5 nitrogen and oxygen atoms in total. The summed E-state index contributed by atoms with van der Waals surface area (Å²) in [6.07, 6.45) is 0. The number of halogens is 5. The maximum atomic E-state index is 13.0. The number of nitrogens with two attached hydrogens (primary N) is 1. The van der Waals surface area contributed by atoms with Gasteiger partial charge in [0.25, 0.3) is 5.91 Å². The van der Waals surface area contributed by atoms with Crippen LogP contribution in [0, 0.1) is 12.8 Å². The number of rotatable bonds is 5. The summed E-state index contributed by atoms with van der Waals surface area (Å²) in [6.45, 7) is 1.85. The Morgan fingerprint density at radius 1 is 0.941 bits per heavy atom. The maximum Gasteiger partial charge on any atom is 0.255 e. The number of aryl methyl sites for hydroxylation is 1. The van der Waals surface area contributed by atoms with Gasteiger partial charge in [0.15, 0.2) is 0 Å². The number of nitrogen functional groups attached to an aromatic ring is 1. The molecule has 1 fully saturated rings. The van der Waals surface area contributed by atoms with Crippen LogP contribution in [0.15, 0.2) is 54.6 Å². The zero-order chi connectivity index (χ0) is 24.8. The first kappa shape index (κ1) is 25.0. The van der Waals surface area contributed by atoms with E-state index >= 15 is 0 Å². The zero-order valence-corrected chi connectivity index (χ0v) is 21.4. The van der Waals surface area contributed by atoms with Crippen LogP contribution in [-0.2, 0) is 4.79 Å². The molecule has 1 aliphatic carbocycles. The molecule has 3 aromatic carbocycles. The second-order valence-corrected chi connectivity index (χ2v) is 10.7.